The molecule has 29 heavy (non-hydrogen) atoms. The van der Waals surface area contributed by atoms with Crippen molar-refractivity contribution < 1.29 is 29.5 Å². The highest BCUT2D eigenvalue weighted by Crippen LogP contribution is 2.35. The number of quaternary nitrogens is 1. The molecule has 1 unspecified atom stereocenters. The number of fused-ring (bicyclic) bond motifs is 1. The predicted molar refractivity (Wildman–Crippen MR) is 101 cm³/mol. The smallest absolute Gasteiger partial charge is 0.343 e. The van der Waals surface area contributed by atoms with E-state index in [4.69, 9.17) is 14.7 Å². The SMILES string of the molecule is O=C(Oc1ccc2c(c1)OC(=Cc1cccnc1)C2=O)c1ccc([NH+]([O-])O)cc1. The van der Waals surface area contributed by atoms with Crippen LogP contribution >= 0.6 is 0 Å². The number of ketones is 1. The van der Waals surface area contributed by atoms with E-state index >= 15 is 0 Å². The van der Waals surface area contributed by atoms with Crippen molar-refractivity contribution in [2.75, 3.05) is 0 Å². The number of rotatable bonds is 4. The van der Waals surface area contributed by atoms with E-state index in [2.05, 4.69) is 4.98 Å². The van der Waals surface area contributed by atoms with Crippen LogP contribution in [0.1, 0.15) is 26.3 Å². The molecule has 8 nitrogen and oxygen atoms in total. The van der Waals surface area contributed by atoms with Gasteiger partial charge in [-0.2, -0.15) is 5.23 Å². The minimum atomic E-state index is -1.08. The number of aromatic nitrogens is 1. The maximum atomic E-state index is 12.5. The van der Waals surface area contributed by atoms with E-state index < -0.39 is 11.2 Å². The first kappa shape index (κ1) is 18.5. The Morgan fingerprint density at radius 2 is 1.97 bits per heavy atom. The zero-order valence-electron chi connectivity index (χ0n) is 14.9. The van der Waals surface area contributed by atoms with Crippen LogP contribution in [0.3, 0.4) is 0 Å². The molecule has 1 aliphatic rings. The number of pyridine rings is 1. The molecule has 0 spiro atoms. The third-order valence-corrected chi connectivity index (χ3v) is 4.20. The number of allylic oxidation sites excluding steroid dienone is 1. The number of nitrogens with one attached hydrogen (secondary N) is 1. The van der Waals surface area contributed by atoms with Crippen molar-refractivity contribution in [2.24, 2.45) is 0 Å². The molecule has 2 aromatic carbocycles. The predicted octanol–water partition coefficient (Wildman–Crippen LogP) is 2.32. The van der Waals surface area contributed by atoms with Crippen molar-refractivity contribution in [3.8, 4) is 11.5 Å². The molecule has 1 aliphatic heterocycles. The molecule has 2 N–H and O–H groups in total. The van der Waals surface area contributed by atoms with Crippen LogP contribution in [-0.4, -0.2) is 21.9 Å². The normalized spacial score (nSPS) is 15.0. The number of Topliss-reactive ketones (excluding diaryl/α,β-unsaturated/α-hetero) is 1. The lowest BCUT2D eigenvalue weighted by Crippen LogP contribution is -2.99. The largest absolute Gasteiger partial charge is 0.595 e. The highest BCUT2D eigenvalue weighted by molar-refractivity contribution is 6.14. The second kappa shape index (κ2) is 7.64. The highest BCUT2D eigenvalue weighted by atomic mass is 16.8. The summed E-state index contributed by atoms with van der Waals surface area (Å²) in [6, 6.07) is 13.4. The number of nitrogens with zero attached hydrogens (tertiary/aromatic N) is 1. The minimum absolute atomic E-state index is 0.0684. The topological polar surface area (TPSA) is 113 Å². The number of hydrogen-bond donors (Lipinski definition) is 2. The highest BCUT2D eigenvalue weighted by Gasteiger charge is 2.28. The van der Waals surface area contributed by atoms with E-state index in [0.717, 1.165) is 5.56 Å². The first-order valence-electron chi connectivity index (χ1n) is 8.55. The van der Waals surface area contributed by atoms with Gasteiger partial charge in [0.05, 0.1) is 11.1 Å². The molecule has 0 saturated heterocycles. The second-order valence-electron chi connectivity index (χ2n) is 6.16. The van der Waals surface area contributed by atoms with Gasteiger partial charge >= 0.3 is 5.97 Å². The maximum Gasteiger partial charge on any atom is 0.343 e. The molecule has 1 atom stereocenters. The number of ether oxygens (including phenoxy) is 2. The molecule has 0 amide bonds. The lowest BCUT2D eigenvalue weighted by molar-refractivity contribution is -0.991. The Bertz CT molecular complexity index is 1110. The zero-order valence-corrected chi connectivity index (χ0v) is 14.9. The van der Waals surface area contributed by atoms with Crippen LogP contribution in [-0.2, 0) is 0 Å². The summed E-state index contributed by atoms with van der Waals surface area (Å²) in [6.07, 6.45) is 4.82. The van der Waals surface area contributed by atoms with Crippen molar-refractivity contribution in [2.45, 2.75) is 0 Å². The molecule has 1 aromatic heterocycles. The van der Waals surface area contributed by atoms with Gasteiger partial charge in [0.1, 0.15) is 11.5 Å². The van der Waals surface area contributed by atoms with Gasteiger partial charge in [-0.3, -0.25) is 9.78 Å². The fourth-order valence-electron chi connectivity index (χ4n) is 2.76. The molecule has 2 heterocycles. The number of hydrogen-bond acceptors (Lipinski definition) is 7. The van der Waals surface area contributed by atoms with Gasteiger partial charge in [0.15, 0.2) is 11.4 Å². The summed E-state index contributed by atoms with van der Waals surface area (Å²) in [6.45, 7) is 0. The Balaban J connectivity index is 1.51. The fourth-order valence-corrected chi connectivity index (χ4v) is 2.76. The van der Waals surface area contributed by atoms with Crippen molar-refractivity contribution in [1.82, 2.24) is 4.98 Å². The first-order chi connectivity index (χ1) is 14.0. The van der Waals surface area contributed by atoms with Crippen LogP contribution in [0.4, 0.5) is 5.69 Å². The molecular formula is C21H14N2O6. The molecule has 4 rings (SSSR count). The van der Waals surface area contributed by atoms with E-state index in [1.165, 1.54) is 42.5 Å². The van der Waals surface area contributed by atoms with Gasteiger partial charge in [-0.05, 0) is 42.0 Å². The second-order valence-corrected chi connectivity index (χ2v) is 6.16. The van der Waals surface area contributed by atoms with Crippen LogP contribution in [0, 0.1) is 5.21 Å². The van der Waals surface area contributed by atoms with Gasteiger partial charge in [0.2, 0.25) is 5.78 Å². The fraction of sp³-hybridized carbons (Fsp3) is 0. The van der Waals surface area contributed by atoms with Crippen LogP contribution < -0.4 is 14.7 Å². The van der Waals surface area contributed by atoms with Gasteiger partial charge in [-0.15, -0.1) is 0 Å². The molecule has 0 bridgehead atoms. The third kappa shape index (κ3) is 3.90. The quantitative estimate of drug-likeness (QED) is 0.304. The Labute approximate surface area is 164 Å². The Morgan fingerprint density at radius 1 is 1.17 bits per heavy atom. The Kier molecular flexibility index (Phi) is 4.88. The standard InChI is InChI=1S/C21H14N2O6/c24-20-17-8-7-16(28-21(25)14-3-5-15(6-4-14)23(26)27)11-18(17)29-19(20)10-13-2-1-9-22-12-13/h1-12,23,26H. The number of carbonyl (C=O) groups is 2. The van der Waals surface area contributed by atoms with E-state index in [1.54, 1.807) is 30.6 Å². The lowest BCUT2D eigenvalue weighted by Gasteiger charge is -2.11. The average molecular weight is 390 g/mol. The van der Waals surface area contributed by atoms with Crippen molar-refractivity contribution in [3.63, 3.8) is 0 Å². The Hall–Kier alpha value is -3.85. The van der Waals surface area contributed by atoms with Crippen LogP contribution in [0.5, 0.6) is 11.5 Å². The van der Waals surface area contributed by atoms with Gasteiger partial charge < -0.3 is 14.7 Å². The number of carbonyl (C=O) groups excluding carboxylic acids is 2. The molecule has 144 valence electrons. The summed E-state index contributed by atoms with van der Waals surface area (Å²) in [4.78, 5) is 28.7. The van der Waals surface area contributed by atoms with Gasteiger partial charge in [0.25, 0.3) is 0 Å². The number of benzene rings is 2. The van der Waals surface area contributed by atoms with Crippen LogP contribution in [0.15, 0.2) is 72.8 Å². The number of esters is 1. The van der Waals surface area contributed by atoms with Crippen molar-refractivity contribution in [1.29, 1.82) is 0 Å². The van der Waals surface area contributed by atoms with Gasteiger partial charge in [-0.1, -0.05) is 6.07 Å². The summed E-state index contributed by atoms with van der Waals surface area (Å²) in [5.74, 6) is -0.285. The molecular weight excluding hydrogens is 376 g/mol. The van der Waals surface area contributed by atoms with Crippen molar-refractivity contribution in [3.05, 3.63) is 94.6 Å². The molecule has 0 aliphatic carbocycles. The van der Waals surface area contributed by atoms with E-state index in [0.29, 0.717) is 5.56 Å². The molecule has 0 radical (unpaired) electrons. The summed E-state index contributed by atoms with van der Waals surface area (Å²) in [5.41, 5.74) is 1.36. The van der Waals surface area contributed by atoms with E-state index in [9.17, 15) is 14.8 Å². The zero-order chi connectivity index (χ0) is 20.4. The van der Waals surface area contributed by atoms with E-state index in [1.807, 2.05) is 0 Å². The van der Waals surface area contributed by atoms with Crippen LogP contribution in [0.25, 0.3) is 6.08 Å². The summed E-state index contributed by atoms with van der Waals surface area (Å²) < 4.78 is 10.9. The maximum absolute atomic E-state index is 12.5. The third-order valence-electron chi connectivity index (χ3n) is 4.20. The summed E-state index contributed by atoms with van der Waals surface area (Å²) in [7, 11) is 0. The summed E-state index contributed by atoms with van der Waals surface area (Å²) >= 11 is 0. The first-order valence-corrected chi connectivity index (χ1v) is 8.55. The van der Waals surface area contributed by atoms with Crippen molar-refractivity contribution >= 4 is 23.5 Å². The average Bonchev–Trinajstić information content (AvgIpc) is 3.03. The molecule has 0 saturated carbocycles. The van der Waals surface area contributed by atoms with Crippen LogP contribution in [0.2, 0.25) is 0 Å². The minimum Gasteiger partial charge on any atom is -0.595 e. The monoisotopic (exact) mass is 390 g/mol. The molecule has 8 heteroatoms. The van der Waals surface area contributed by atoms with Gasteiger partial charge in [0, 0.05) is 30.6 Å². The lowest BCUT2D eigenvalue weighted by atomic mass is 10.1. The Morgan fingerprint density at radius 3 is 2.66 bits per heavy atom. The summed E-state index contributed by atoms with van der Waals surface area (Å²) in [5, 5.41) is 18.7. The molecule has 3 aromatic rings. The van der Waals surface area contributed by atoms with Gasteiger partial charge in [-0.25, -0.2) is 10.0 Å². The van der Waals surface area contributed by atoms with E-state index in [-0.39, 0.29) is 34.3 Å². The molecule has 0 fully saturated rings.